The SMILES string of the molecule is O=C(C1CNCCN1)N1CCCCC1. The predicted molar refractivity (Wildman–Crippen MR) is 55.1 cm³/mol. The monoisotopic (exact) mass is 197 g/mol. The molecule has 2 aliphatic rings. The van der Waals surface area contributed by atoms with Gasteiger partial charge in [0, 0.05) is 32.7 Å². The minimum absolute atomic E-state index is 0.0156. The van der Waals surface area contributed by atoms with Crippen molar-refractivity contribution in [2.24, 2.45) is 0 Å². The summed E-state index contributed by atoms with van der Waals surface area (Å²) in [7, 11) is 0. The van der Waals surface area contributed by atoms with Crippen molar-refractivity contribution in [1.82, 2.24) is 15.5 Å². The zero-order valence-electron chi connectivity index (χ0n) is 8.59. The first kappa shape index (κ1) is 9.93. The lowest BCUT2D eigenvalue weighted by Gasteiger charge is -2.32. The Labute approximate surface area is 85.0 Å². The smallest absolute Gasteiger partial charge is 0.241 e. The average Bonchev–Trinajstić information content (AvgIpc) is 2.30. The van der Waals surface area contributed by atoms with Crippen molar-refractivity contribution < 1.29 is 4.79 Å². The lowest BCUT2D eigenvalue weighted by Crippen LogP contribution is -2.57. The van der Waals surface area contributed by atoms with Crippen LogP contribution in [0.15, 0.2) is 0 Å². The molecule has 2 heterocycles. The molecule has 0 saturated carbocycles. The summed E-state index contributed by atoms with van der Waals surface area (Å²) in [5, 5.41) is 6.51. The number of hydrogen-bond donors (Lipinski definition) is 2. The van der Waals surface area contributed by atoms with E-state index in [1.54, 1.807) is 0 Å². The van der Waals surface area contributed by atoms with Gasteiger partial charge >= 0.3 is 0 Å². The van der Waals surface area contributed by atoms with Crippen LogP contribution >= 0.6 is 0 Å². The minimum atomic E-state index is 0.0156. The lowest BCUT2D eigenvalue weighted by atomic mass is 10.1. The van der Waals surface area contributed by atoms with Gasteiger partial charge in [0.15, 0.2) is 0 Å². The quantitative estimate of drug-likeness (QED) is 0.599. The fourth-order valence-electron chi connectivity index (χ4n) is 2.16. The van der Waals surface area contributed by atoms with E-state index in [9.17, 15) is 4.79 Å². The Kier molecular flexibility index (Phi) is 3.37. The van der Waals surface area contributed by atoms with E-state index in [0.29, 0.717) is 0 Å². The summed E-state index contributed by atoms with van der Waals surface area (Å²) in [5.74, 6) is 0.289. The Balaban J connectivity index is 1.85. The highest BCUT2D eigenvalue weighted by molar-refractivity contribution is 5.82. The molecule has 0 spiro atoms. The molecular weight excluding hydrogens is 178 g/mol. The van der Waals surface area contributed by atoms with Crippen LogP contribution in [-0.4, -0.2) is 49.6 Å². The number of rotatable bonds is 1. The Morgan fingerprint density at radius 1 is 1.14 bits per heavy atom. The number of piperidine rings is 1. The summed E-state index contributed by atoms with van der Waals surface area (Å²) in [6.45, 7) is 4.58. The molecule has 0 bridgehead atoms. The Morgan fingerprint density at radius 2 is 1.93 bits per heavy atom. The third kappa shape index (κ3) is 2.25. The van der Waals surface area contributed by atoms with Crippen LogP contribution in [0.1, 0.15) is 19.3 Å². The number of likely N-dealkylation sites (tertiary alicyclic amines) is 1. The molecule has 0 aliphatic carbocycles. The van der Waals surface area contributed by atoms with E-state index < -0.39 is 0 Å². The molecule has 2 rings (SSSR count). The van der Waals surface area contributed by atoms with E-state index in [0.717, 1.165) is 32.7 Å². The largest absolute Gasteiger partial charge is 0.341 e. The number of carbonyl (C=O) groups excluding carboxylic acids is 1. The first-order valence-electron chi connectivity index (χ1n) is 5.61. The Hall–Kier alpha value is -0.610. The van der Waals surface area contributed by atoms with Gasteiger partial charge in [-0.1, -0.05) is 0 Å². The van der Waals surface area contributed by atoms with Gasteiger partial charge in [0.2, 0.25) is 5.91 Å². The number of nitrogens with zero attached hydrogens (tertiary/aromatic N) is 1. The average molecular weight is 197 g/mol. The van der Waals surface area contributed by atoms with Crippen LogP contribution in [0.5, 0.6) is 0 Å². The summed E-state index contributed by atoms with van der Waals surface area (Å²) >= 11 is 0. The number of amides is 1. The third-order valence-electron chi connectivity index (χ3n) is 3.01. The summed E-state index contributed by atoms with van der Waals surface area (Å²) in [5.41, 5.74) is 0. The van der Waals surface area contributed by atoms with Gasteiger partial charge < -0.3 is 15.5 Å². The third-order valence-corrected chi connectivity index (χ3v) is 3.01. The van der Waals surface area contributed by atoms with E-state index >= 15 is 0 Å². The zero-order valence-corrected chi connectivity index (χ0v) is 8.59. The number of hydrogen-bond acceptors (Lipinski definition) is 3. The summed E-state index contributed by atoms with van der Waals surface area (Å²) < 4.78 is 0. The second-order valence-electron chi connectivity index (χ2n) is 4.10. The van der Waals surface area contributed by atoms with E-state index in [-0.39, 0.29) is 11.9 Å². The van der Waals surface area contributed by atoms with Gasteiger partial charge in [0.25, 0.3) is 0 Å². The molecule has 4 heteroatoms. The first-order chi connectivity index (χ1) is 6.88. The van der Waals surface area contributed by atoms with Crippen LogP contribution in [0.25, 0.3) is 0 Å². The van der Waals surface area contributed by atoms with Crippen LogP contribution in [0.2, 0.25) is 0 Å². The molecule has 2 saturated heterocycles. The van der Waals surface area contributed by atoms with Crippen molar-refractivity contribution in [2.75, 3.05) is 32.7 Å². The standard InChI is InChI=1S/C10H19N3O/c14-10(9-8-11-4-5-12-9)13-6-2-1-3-7-13/h9,11-12H,1-8H2. The molecular formula is C10H19N3O. The van der Waals surface area contributed by atoms with Crippen molar-refractivity contribution in [1.29, 1.82) is 0 Å². The number of nitrogens with one attached hydrogen (secondary N) is 2. The molecule has 0 radical (unpaired) electrons. The van der Waals surface area contributed by atoms with Crippen LogP contribution in [0.4, 0.5) is 0 Å². The van der Waals surface area contributed by atoms with E-state index in [1.165, 1.54) is 19.3 Å². The predicted octanol–water partition coefficient (Wildman–Crippen LogP) is -0.440. The molecule has 4 nitrogen and oxygen atoms in total. The van der Waals surface area contributed by atoms with Gasteiger partial charge in [0.05, 0.1) is 6.04 Å². The van der Waals surface area contributed by atoms with Crippen molar-refractivity contribution in [2.45, 2.75) is 25.3 Å². The van der Waals surface area contributed by atoms with Gasteiger partial charge in [-0.2, -0.15) is 0 Å². The minimum Gasteiger partial charge on any atom is -0.341 e. The second kappa shape index (κ2) is 4.75. The molecule has 80 valence electrons. The molecule has 2 fully saturated rings. The molecule has 2 aliphatic heterocycles. The molecule has 0 aromatic carbocycles. The van der Waals surface area contributed by atoms with E-state index in [2.05, 4.69) is 10.6 Å². The molecule has 2 N–H and O–H groups in total. The van der Waals surface area contributed by atoms with Gasteiger partial charge in [-0.25, -0.2) is 0 Å². The van der Waals surface area contributed by atoms with Crippen LogP contribution in [0, 0.1) is 0 Å². The summed E-state index contributed by atoms with van der Waals surface area (Å²) in [6, 6.07) is 0.0156. The highest BCUT2D eigenvalue weighted by Gasteiger charge is 2.26. The highest BCUT2D eigenvalue weighted by atomic mass is 16.2. The lowest BCUT2D eigenvalue weighted by molar-refractivity contribution is -0.134. The van der Waals surface area contributed by atoms with Gasteiger partial charge in [-0.05, 0) is 19.3 Å². The zero-order chi connectivity index (χ0) is 9.80. The fourth-order valence-corrected chi connectivity index (χ4v) is 2.16. The fraction of sp³-hybridized carbons (Fsp3) is 0.900. The molecule has 0 aromatic heterocycles. The summed E-state index contributed by atoms with van der Waals surface area (Å²) in [6.07, 6.45) is 3.62. The van der Waals surface area contributed by atoms with Crippen LogP contribution in [0.3, 0.4) is 0 Å². The molecule has 1 unspecified atom stereocenters. The maximum absolute atomic E-state index is 12.0. The van der Waals surface area contributed by atoms with Crippen LogP contribution in [-0.2, 0) is 4.79 Å². The Morgan fingerprint density at radius 3 is 2.57 bits per heavy atom. The Bertz CT molecular complexity index is 176. The summed E-state index contributed by atoms with van der Waals surface area (Å²) in [4.78, 5) is 14.0. The van der Waals surface area contributed by atoms with Gasteiger partial charge in [-0.3, -0.25) is 4.79 Å². The van der Waals surface area contributed by atoms with Crippen molar-refractivity contribution in [3.8, 4) is 0 Å². The topological polar surface area (TPSA) is 44.4 Å². The van der Waals surface area contributed by atoms with E-state index in [4.69, 9.17) is 0 Å². The highest BCUT2D eigenvalue weighted by Crippen LogP contribution is 2.10. The van der Waals surface area contributed by atoms with Crippen LogP contribution < -0.4 is 10.6 Å². The number of piperazine rings is 1. The van der Waals surface area contributed by atoms with Crippen molar-refractivity contribution in [3.63, 3.8) is 0 Å². The maximum atomic E-state index is 12.0. The normalized spacial score (nSPS) is 28.9. The number of carbonyl (C=O) groups is 1. The van der Waals surface area contributed by atoms with Crippen molar-refractivity contribution in [3.05, 3.63) is 0 Å². The van der Waals surface area contributed by atoms with Crippen molar-refractivity contribution >= 4 is 5.91 Å². The van der Waals surface area contributed by atoms with Gasteiger partial charge in [0.1, 0.15) is 0 Å². The molecule has 1 atom stereocenters. The van der Waals surface area contributed by atoms with E-state index in [1.807, 2.05) is 4.90 Å². The second-order valence-corrected chi connectivity index (χ2v) is 4.10. The van der Waals surface area contributed by atoms with Gasteiger partial charge in [-0.15, -0.1) is 0 Å². The first-order valence-corrected chi connectivity index (χ1v) is 5.61. The molecule has 0 aromatic rings. The molecule has 14 heavy (non-hydrogen) atoms. The molecule has 1 amide bonds. The maximum Gasteiger partial charge on any atom is 0.241 e.